The predicted molar refractivity (Wildman–Crippen MR) is 44.4 cm³/mol. The zero-order valence-corrected chi connectivity index (χ0v) is 7.05. The van der Waals surface area contributed by atoms with Crippen LogP contribution in [0.3, 0.4) is 0 Å². The maximum Gasteiger partial charge on any atom is 0.303 e. The zero-order chi connectivity index (χ0) is 8.69. The van der Waals surface area contributed by atoms with Gasteiger partial charge in [-0.1, -0.05) is 13.3 Å². The van der Waals surface area contributed by atoms with Crippen LogP contribution in [-0.4, -0.2) is 17.1 Å². The fourth-order valence-electron chi connectivity index (χ4n) is 1.03. The van der Waals surface area contributed by atoms with Gasteiger partial charge in [-0.2, -0.15) is 0 Å². The highest BCUT2D eigenvalue weighted by molar-refractivity contribution is 5.66. The smallest absolute Gasteiger partial charge is 0.303 e. The van der Waals surface area contributed by atoms with Crippen molar-refractivity contribution in [3.05, 3.63) is 0 Å². The zero-order valence-electron chi connectivity index (χ0n) is 7.05. The molecule has 0 aliphatic rings. The van der Waals surface area contributed by atoms with Gasteiger partial charge in [0.05, 0.1) is 0 Å². The second kappa shape index (κ2) is 6.16. The Kier molecular flexibility index (Phi) is 5.84. The van der Waals surface area contributed by atoms with Crippen LogP contribution in [0.2, 0.25) is 0 Å². The van der Waals surface area contributed by atoms with Gasteiger partial charge in [-0.05, 0) is 19.3 Å². The molecule has 0 rings (SSSR count). The Balaban J connectivity index is 3.16. The second-order valence-electron chi connectivity index (χ2n) is 2.83. The van der Waals surface area contributed by atoms with Crippen LogP contribution in [0.1, 0.15) is 39.0 Å². The molecule has 0 aromatic heterocycles. The van der Waals surface area contributed by atoms with Gasteiger partial charge in [0.1, 0.15) is 0 Å². The van der Waals surface area contributed by atoms with E-state index < -0.39 is 5.97 Å². The minimum absolute atomic E-state index is 0.194. The summed E-state index contributed by atoms with van der Waals surface area (Å²) in [6.07, 6.45) is 3.86. The third-order valence-corrected chi connectivity index (χ3v) is 1.63. The van der Waals surface area contributed by atoms with E-state index in [0.717, 1.165) is 19.3 Å². The highest BCUT2D eigenvalue weighted by Gasteiger charge is 2.02. The highest BCUT2D eigenvalue weighted by atomic mass is 16.4. The van der Waals surface area contributed by atoms with Crippen LogP contribution in [0.25, 0.3) is 0 Å². The highest BCUT2D eigenvalue weighted by Crippen LogP contribution is 2.03. The van der Waals surface area contributed by atoms with Crippen molar-refractivity contribution >= 4 is 5.97 Å². The number of aliphatic carboxylic acids is 1. The van der Waals surface area contributed by atoms with Gasteiger partial charge in [-0.3, -0.25) is 4.79 Å². The van der Waals surface area contributed by atoms with Gasteiger partial charge < -0.3 is 10.8 Å². The molecule has 0 aromatic rings. The summed E-state index contributed by atoms with van der Waals surface area (Å²) in [5.41, 5.74) is 5.68. The van der Waals surface area contributed by atoms with Crippen molar-refractivity contribution in [3.8, 4) is 0 Å². The SMILES string of the molecule is CCCC(N)CCCC(=O)O. The van der Waals surface area contributed by atoms with Gasteiger partial charge in [0.2, 0.25) is 0 Å². The first kappa shape index (κ1) is 10.4. The van der Waals surface area contributed by atoms with Gasteiger partial charge >= 0.3 is 5.97 Å². The van der Waals surface area contributed by atoms with Gasteiger partial charge in [0, 0.05) is 12.5 Å². The Morgan fingerprint density at radius 3 is 2.64 bits per heavy atom. The Morgan fingerprint density at radius 2 is 2.18 bits per heavy atom. The lowest BCUT2D eigenvalue weighted by atomic mass is 10.1. The summed E-state index contributed by atoms with van der Waals surface area (Å²) >= 11 is 0. The predicted octanol–water partition coefficient (Wildman–Crippen LogP) is 1.37. The van der Waals surface area contributed by atoms with E-state index in [4.69, 9.17) is 10.8 Å². The number of rotatable bonds is 6. The van der Waals surface area contributed by atoms with Crippen molar-refractivity contribution in [2.75, 3.05) is 0 Å². The quantitative estimate of drug-likeness (QED) is 0.615. The van der Waals surface area contributed by atoms with Crippen LogP contribution in [0, 0.1) is 0 Å². The molecule has 0 bridgehead atoms. The molecule has 0 radical (unpaired) electrons. The lowest BCUT2D eigenvalue weighted by Gasteiger charge is -2.07. The molecule has 0 aliphatic carbocycles. The molecule has 0 fully saturated rings. The van der Waals surface area contributed by atoms with E-state index in [2.05, 4.69) is 6.92 Å². The van der Waals surface area contributed by atoms with Gasteiger partial charge in [-0.15, -0.1) is 0 Å². The van der Waals surface area contributed by atoms with Crippen LogP contribution in [0.15, 0.2) is 0 Å². The lowest BCUT2D eigenvalue weighted by Crippen LogP contribution is -2.19. The van der Waals surface area contributed by atoms with Crippen LogP contribution >= 0.6 is 0 Å². The molecule has 0 saturated carbocycles. The van der Waals surface area contributed by atoms with Crippen molar-refractivity contribution in [2.45, 2.75) is 45.1 Å². The molecule has 0 heterocycles. The molecule has 3 N–H and O–H groups in total. The lowest BCUT2D eigenvalue weighted by molar-refractivity contribution is -0.137. The van der Waals surface area contributed by atoms with Gasteiger partial charge in [-0.25, -0.2) is 0 Å². The molecule has 0 spiro atoms. The van der Waals surface area contributed by atoms with Crippen molar-refractivity contribution in [1.82, 2.24) is 0 Å². The fourth-order valence-corrected chi connectivity index (χ4v) is 1.03. The Morgan fingerprint density at radius 1 is 1.55 bits per heavy atom. The maximum absolute atomic E-state index is 10.1. The third-order valence-electron chi connectivity index (χ3n) is 1.63. The summed E-state index contributed by atoms with van der Waals surface area (Å²) in [5.74, 6) is -0.728. The number of carboxylic acids is 1. The normalized spacial score (nSPS) is 12.9. The van der Waals surface area contributed by atoms with Gasteiger partial charge in [0.25, 0.3) is 0 Å². The summed E-state index contributed by atoms with van der Waals surface area (Å²) in [5, 5.41) is 8.32. The largest absolute Gasteiger partial charge is 0.481 e. The van der Waals surface area contributed by atoms with E-state index in [-0.39, 0.29) is 12.5 Å². The molecule has 1 unspecified atom stereocenters. The Bertz CT molecular complexity index is 115. The second-order valence-corrected chi connectivity index (χ2v) is 2.83. The van der Waals surface area contributed by atoms with E-state index >= 15 is 0 Å². The number of hydrogen-bond donors (Lipinski definition) is 2. The van der Waals surface area contributed by atoms with Crippen molar-refractivity contribution in [1.29, 1.82) is 0 Å². The molecule has 0 saturated heterocycles. The first-order chi connectivity index (χ1) is 5.16. The van der Waals surface area contributed by atoms with E-state index in [1.165, 1.54) is 0 Å². The molecular formula is C8H17NO2. The maximum atomic E-state index is 10.1. The molecule has 0 aromatic carbocycles. The van der Waals surface area contributed by atoms with Crippen LogP contribution in [-0.2, 0) is 4.79 Å². The molecule has 1 atom stereocenters. The number of carbonyl (C=O) groups is 1. The average Bonchev–Trinajstić information content (AvgIpc) is 1.87. The average molecular weight is 159 g/mol. The summed E-state index contributed by atoms with van der Waals surface area (Å²) in [4.78, 5) is 10.1. The molecule has 0 amide bonds. The minimum atomic E-state index is -0.728. The molecule has 11 heavy (non-hydrogen) atoms. The van der Waals surface area contributed by atoms with E-state index in [1.54, 1.807) is 0 Å². The molecule has 3 heteroatoms. The molecule has 0 aliphatic heterocycles. The third kappa shape index (κ3) is 7.33. The van der Waals surface area contributed by atoms with Crippen molar-refractivity contribution in [3.63, 3.8) is 0 Å². The first-order valence-corrected chi connectivity index (χ1v) is 4.14. The first-order valence-electron chi connectivity index (χ1n) is 4.14. The van der Waals surface area contributed by atoms with Crippen LogP contribution in [0.5, 0.6) is 0 Å². The molecular weight excluding hydrogens is 142 g/mol. The van der Waals surface area contributed by atoms with Crippen molar-refractivity contribution < 1.29 is 9.90 Å². The Labute approximate surface area is 67.6 Å². The van der Waals surface area contributed by atoms with E-state index in [9.17, 15) is 4.79 Å². The molecule has 66 valence electrons. The standard InChI is InChI=1S/C8H17NO2/c1-2-4-7(9)5-3-6-8(10)11/h7H,2-6,9H2,1H3,(H,10,11). The monoisotopic (exact) mass is 159 g/mol. The summed E-state index contributed by atoms with van der Waals surface area (Å²) in [6, 6.07) is 0.194. The number of nitrogens with two attached hydrogens (primary N) is 1. The topological polar surface area (TPSA) is 63.3 Å². The summed E-state index contributed by atoms with van der Waals surface area (Å²) < 4.78 is 0. The minimum Gasteiger partial charge on any atom is -0.481 e. The van der Waals surface area contributed by atoms with Crippen molar-refractivity contribution in [2.24, 2.45) is 5.73 Å². The van der Waals surface area contributed by atoms with Crippen LogP contribution < -0.4 is 5.73 Å². The van der Waals surface area contributed by atoms with E-state index in [0.29, 0.717) is 6.42 Å². The number of hydrogen-bond acceptors (Lipinski definition) is 2. The summed E-state index contributed by atoms with van der Waals surface area (Å²) in [6.45, 7) is 2.08. The van der Waals surface area contributed by atoms with Gasteiger partial charge in [0.15, 0.2) is 0 Å². The Hall–Kier alpha value is -0.570. The van der Waals surface area contributed by atoms with Crippen LogP contribution in [0.4, 0.5) is 0 Å². The fraction of sp³-hybridized carbons (Fsp3) is 0.875. The van der Waals surface area contributed by atoms with E-state index in [1.807, 2.05) is 0 Å². The number of carboxylic acid groups (broad SMARTS) is 1. The summed E-state index contributed by atoms with van der Waals surface area (Å²) in [7, 11) is 0. The molecule has 3 nitrogen and oxygen atoms in total.